The third-order valence-corrected chi connectivity index (χ3v) is 3.91. The lowest BCUT2D eigenvalue weighted by atomic mass is 9.86. The van der Waals surface area contributed by atoms with Crippen molar-refractivity contribution in [3.8, 4) is 0 Å². The minimum atomic E-state index is -0.00115. The Bertz CT molecular complexity index is 200. The molecule has 1 N–H and O–H groups in total. The Morgan fingerprint density at radius 3 is 2.53 bits per heavy atom. The first-order valence-electron chi connectivity index (χ1n) is 6.95. The first-order chi connectivity index (χ1) is 8.09. The molecule has 1 aliphatic rings. The van der Waals surface area contributed by atoms with Gasteiger partial charge in [0.25, 0.3) is 0 Å². The Labute approximate surface area is 106 Å². The van der Waals surface area contributed by atoms with Crippen molar-refractivity contribution >= 4 is 0 Å². The summed E-state index contributed by atoms with van der Waals surface area (Å²) in [6.07, 6.45) is 4.70. The van der Waals surface area contributed by atoms with Gasteiger partial charge in [-0.2, -0.15) is 0 Å². The molecule has 1 heterocycles. The molecule has 0 aromatic heterocycles. The second kappa shape index (κ2) is 7.34. The van der Waals surface area contributed by atoms with Crippen molar-refractivity contribution in [3.05, 3.63) is 0 Å². The Balaban J connectivity index is 2.41. The normalized spacial score (nSPS) is 20.5. The van der Waals surface area contributed by atoms with Crippen molar-refractivity contribution in [2.75, 3.05) is 26.9 Å². The molecule has 0 bridgehead atoms. The number of rotatable bonds is 7. The summed E-state index contributed by atoms with van der Waals surface area (Å²) >= 11 is 0. The molecule has 1 unspecified atom stereocenters. The molecule has 1 aliphatic heterocycles. The summed E-state index contributed by atoms with van der Waals surface area (Å²) in [6, 6.07) is 0.623. The van der Waals surface area contributed by atoms with E-state index in [-0.39, 0.29) is 5.60 Å². The smallest absolute Gasteiger partial charge is 0.0623 e. The summed E-state index contributed by atoms with van der Waals surface area (Å²) in [6.45, 7) is 9.43. The second-order valence-electron chi connectivity index (χ2n) is 5.62. The van der Waals surface area contributed by atoms with E-state index in [4.69, 9.17) is 9.47 Å². The molecular formula is C14H29NO2. The van der Waals surface area contributed by atoms with Crippen molar-refractivity contribution in [3.63, 3.8) is 0 Å². The summed E-state index contributed by atoms with van der Waals surface area (Å²) in [5.41, 5.74) is -0.00115. The fraction of sp³-hybridized carbons (Fsp3) is 1.00. The van der Waals surface area contributed by atoms with E-state index >= 15 is 0 Å². The highest BCUT2D eigenvalue weighted by molar-refractivity contribution is 4.81. The van der Waals surface area contributed by atoms with Crippen LogP contribution in [-0.4, -0.2) is 38.5 Å². The lowest BCUT2D eigenvalue weighted by Crippen LogP contribution is -2.40. The number of methoxy groups -OCH3 is 1. The third kappa shape index (κ3) is 5.36. The predicted octanol–water partition coefficient (Wildman–Crippen LogP) is 2.60. The van der Waals surface area contributed by atoms with Gasteiger partial charge in [0.05, 0.1) is 5.60 Å². The van der Waals surface area contributed by atoms with Crippen LogP contribution < -0.4 is 5.32 Å². The lowest BCUT2D eigenvalue weighted by molar-refractivity contribution is 0.00545. The molecule has 1 fully saturated rings. The van der Waals surface area contributed by atoms with Gasteiger partial charge in [0.1, 0.15) is 0 Å². The number of hydrogen-bond acceptors (Lipinski definition) is 3. The van der Waals surface area contributed by atoms with Crippen LogP contribution >= 0.6 is 0 Å². The highest BCUT2D eigenvalue weighted by Crippen LogP contribution is 2.25. The van der Waals surface area contributed by atoms with Gasteiger partial charge in [0.2, 0.25) is 0 Å². The van der Waals surface area contributed by atoms with E-state index in [0.717, 1.165) is 32.1 Å². The monoisotopic (exact) mass is 243 g/mol. The van der Waals surface area contributed by atoms with E-state index in [1.54, 1.807) is 7.11 Å². The van der Waals surface area contributed by atoms with E-state index in [1.165, 1.54) is 19.3 Å². The quantitative estimate of drug-likeness (QED) is 0.745. The van der Waals surface area contributed by atoms with E-state index < -0.39 is 0 Å². The zero-order valence-corrected chi connectivity index (χ0v) is 11.9. The summed E-state index contributed by atoms with van der Waals surface area (Å²) in [5, 5.41) is 3.64. The zero-order valence-electron chi connectivity index (χ0n) is 11.9. The van der Waals surface area contributed by atoms with Crippen molar-refractivity contribution in [1.82, 2.24) is 5.32 Å². The van der Waals surface area contributed by atoms with Crippen molar-refractivity contribution < 1.29 is 9.47 Å². The van der Waals surface area contributed by atoms with Crippen LogP contribution in [0.2, 0.25) is 0 Å². The fourth-order valence-electron chi connectivity index (χ4n) is 2.49. The molecule has 1 atom stereocenters. The number of hydrogen-bond donors (Lipinski definition) is 1. The molecule has 1 saturated heterocycles. The van der Waals surface area contributed by atoms with Crippen molar-refractivity contribution in [2.24, 2.45) is 5.92 Å². The molecule has 3 heteroatoms. The first-order valence-corrected chi connectivity index (χ1v) is 6.95. The largest absolute Gasteiger partial charge is 0.381 e. The van der Waals surface area contributed by atoms with E-state index in [1.807, 2.05) is 0 Å². The molecule has 3 nitrogen and oxygen atoms in total. The average molecular weight is 243 g/mol. The Hall–Kier alpha value is -0.120. The van der Waals surface area contributed by atoms with Gasteiger partial charge in [-0.1, -0.05) is 6.92 Å². The Morgan fingerprint density at radius 2 is 2.00 bits per heavy atom. The Kier molecular flexibility index (Phi) is 6.45. The fourth-order valence-corrected chi connectivity index (χ4v) is 2.49. The first kappa shape index (κ1) is 14.9. The maximum atomic E-state index is 5.50. The molecule has 0 aromatic rings. The molecule has 0 amide bonds. The minimum absolute atomic E-state index is 0.00115. The number of ether oxygens (including phenoxy) is 2. The van der Waals surface area contributed by atoms with E-state index in [9.17, 15) is 0 Å². The molecule has 0 spiro atoms. The summed E-state index contributed by atoms with van der Waals surface area (Å²) < 4.78 is 10.9. The van der Waals surface area contributed by atoms with Crippen molar-refractivity contribution in [1.29, 1.82) is 0 Å². The summed E-state index contributed by atoms with van der Waals surface area (Å²) in [7, 11) is 1.80. The Morgan fingerprint density at radius 1 is 1.35 bits per heavy atom. The van der Waals surface area contributed by atoms with Crippen LogP contribution in [0.15, 0.2) is 0 Å². The minimum Gasteiger partial charge on any atom is -0.381 e. The molecule has 0 radical (unpaired) electrons. The molecular weight excluding hydrogens is 214 g/mol. The maximum Gasteiger partial charge on any atom is 0.0623 e. The van der Waals surface area contributed by atoms with E-state index in [0.29, 0.717) is 6.04 Å². The molecule has 102 valence electrons. The summed E-state index contributed by atoms with van der Waals surface area (Å²) in [5.74, 6) is 0.774. The molecule has 0 aromatic carbocycles. The van der Waals surface area contributed by atoms with Crippen LogP contribution in [0.25, 0.3) is 0 Å². The van der Waals surface area contributed by atoms with Gasteiger partial charge >= 0.3 is 0 Å². The SMILES string of the molecule is CCNC(CCC(C)(C)OC)C1CCOCC1. The van der Waals surface area contributed by atoms with Gasteiger partial charge < -0.3 is 14.8 Å². The van der Waals surface area contributed by atoms with Crippen LogP contribution in [0.1, 0.15) is 46.5 Å². The zero-order chi connectivity index (χ0) is 12.7. The van der Waals surface area contributed by atoms with E-state index in [2.05, 4.69) is 26.1 Å². The average Bonchev–Trinajstić information content (AvgIpc) is 2.35. The van der Waals surface area contributed by atoms with Gasteiger partial charge in [0.15, 0.2) is 0 Å². The van der Waals surface area contributed by atoms with Crippen LogP contribution in [-0.2, 0) is 9.47 Å². The standard InChI is InChI=1S/C14H29NO2/c1-5-15-13(6-9-14(2,3)16-4)12-7-10-17-11-8-12/h12-13,15H,5-11H2,1-4H3. The van der Waals surface area contributed by atoms with Gasteiger partial charge in [0, 0.05) is 26.4 Å². The second-order valence-corrected chi connectivity index (χ2v) is 5.62. The molecule has 17 heavy (non-hydrogen) atoms. The lowest BCUT2D eigenvalue weighted by Gasteiger charge is -2.33. The van der Waals surface area contributed by atoms with Crippen LogP contribution in [0, 0.1) is 5.92 Å². The van der Waals surface area contributed by atoms with Crippen LogP contribution in [0.3, 0.4) is 0 Å². The summed E-state index contributed by atoms with van der Waals surface area (Å²) in [4.78, 5) is 0. The highest BCUT2D eigenvalue weighted by Gasteiger charge is 2.26. The van der Waals surface area contributed by atoms with Crippen molar-refractivity contribution in [2.45, 2.75) is 58.1 Å². The molecule has 1 rings (SSSR count). The molecule has 0 aliphatic carbocycles. The van der Waals surface area contributed by atoms with Gasteiger partial charge in [-0.3, -0.25) is 0 Å². The highest BCUT2D eigenvalue weighted by atomic mass is 16.5. The maximum absolute atomic E-state index is 5.50. The number of nitrogens with one attached hydrogen (secondary N) is 1. The molecule has 0 saturated carbocycles. The van der Waals surface area contributed by atoms with Gasteiger partial charge in [-0.15, -0.1) is 0 Å². The van der Waals surface area contributed by atoms with Gasteiger partial charge in [-0.25, -0.2) is 0 Å². The van der Waals surface area contributed by atoms with Crippen LogP contribution in [0.5, 0.6) is 0 Å². The topological polar surface area (TPSA) is 30.5 Å². The third-order valence-electron chi connectivity index (χ3n) is 3.91. The predicted molar refractivity (Wildman–Crippen MR) is 71.3 cm³/mol. The van der Waals surface area contributed by atoms with Crippen LogP contribution in [0.4, 0.5) is 0 Å². The van der Waals surface area contributed by atoms with Gasteiger partial charge in [-0.05, 0) is 52.0 Å².